The number of para-hydroxylation sites is 2. The molecule has 0 N–H and O–H groups in total. The molecule has 1 spiro atoms. The fourth-order valence-corrected chi connectivity index (χ4v) is 3.69. The van der Waals surface area contributed by atoms with E-state index in [0.717, 1.165) is 25.7 Å². The number of nitrogens with zero attached hydrogens (tertiary/aromatic N) is 1. The molecule has 0 radical (unpaired) electrons. The summed E-state index contributed by atoms with van der Waals surface area (Å²) in [5.41, 5.74) is -0.417. The highest BCUT2D eigenvalue weighted by molar-refractivity contribution is 6.05. The quantitative estimate of drug-likeness (QED) is 0.784. The van der Waals surface area contributed by atoms with Crippen molar-refractivity contribution in [2.45, 2.75) is 38.5 Å². The Morgan fingerprint density at radius 2 is 1.78 bits per heavy atom. The van der Waals surface area contributed by atoms with Crippen LogP contribution < -0.4 is 9.47 Å². The molecule has 1 aliphatic heterocycles. The van der Waals surface area contributed by atoms with Gasteiger partial charge >= 0.3 is 0 Å². The molecule has 2 fully saturated rings. The Bertz CT molecular complexity index is 592. The molecule has 1 saturated heterocycles. The second kappa shape index (κ2) is 6.60. The van der Waals surface area contributed by atoms with Gasteiger partial charge in [0.15, 0.2) is 11.5 Å². The minimum Gasteiger partial charge on any atom is -0.493 e. The van der Waals surface area contributed by atoms with Crippen LogP contribution in [-0.4, -0.2) is 37.0 Å². The van der Waals surface area contributed by atoms with E-state index in [1.165, 1.54) is 11.3 Å². The van der Waals surface area contributed by atoms with Gasteiger partial charge in [-0.1, -0.05) is 31.4 Å². The summed E-state index contributed by atoms with van der Waals surface area (Å²) in [6, 6.07) is 7.36. The molecule has 1 saturated carbocycles. The minimum atomic E-state index is -0.417. The zero-order valence-corrected chi connectivity index (χ0v) is 13.5. The number of benzene rings is 1. The largest absolute Gasteiger partial charge is 0.493 e. The third kappa shape index (κ3) is 3.05. The number of hydrogen-bond donors (Lipinski definition) is 0. The molecule has 3 rings (SSSR count). The van der Waals surface area contributed by atoms with Crippen molar-refractivity contribution in [2.24, 2.45) is 5.41 Å². The number of carbonyl (C=O) groups excluding carboxylic acids is 2. The summed E-state index contributed by atoms with van der Waals surface area (Å²) in [5.74, 6) is 1.23. The second-order valence-electron chi connectivity index (χ2n) is 6.37. The zero-order valence-electron chi connectivity index (χ0n) is 13.5. The smallest absolute Gasteiger partial charge is 0.236 e. The fourth-order valence-electron chi connectivity index (χ4n) is 3.69. The molecule has 0 atom stereocenters. The van der Waals surface area contributed by atoms with E-state index in [1.54, 1.807) is 7.11 Å². The predicted octanol–water partition coefficient (Wildman–Crippen LogP) is 2.78. The van der Waals surface area contributed by atoms with Crippen LogP contribution in [0.25, 0.3) is 0 Å². The molecule has 1 aromatic rings. The summed E-state index contributed by atoms with van der Waals surface area (Å²) in [6.45, 7) is 0.589. The van der Waals surface area contributed by atoms with Crippen LogP contribution in [0, 0.1) is 5.41 Å². The van der Waals surface area contributed by atoms with Gasteiger partial charge in [-0.25, -0.2) is 0 Å². The number of amides is 2. The first-order chi connectivity index (χ1) is 11.2. The normalized spacial score (nSPS) is 20.1. The first kappa shape index (κ1) is 15.8. The molecule has 5 heteroatoms. The monoisotopic (exact) mass is 317 g/mol. The van der Waals surface area contributed by atoms with Gasteiger partial charge in [-0.05, 0) is 25.0 Å². The molecule has 2 aliphatic rings. The molecule has 1 aromatic carbocycles. The van der Waals surface area contributed by atoms with Crippen LogP contribution in [0.15, 0.2) is 24.3 Å². The molecule has 5 nitrogen and oxygen atoms in total. The van der Waals surface area contributed by atoms with Crippen molar-refractivity contribution in [2.75, 3.05) is 20.3 Å². The summed E-state index contributed by atoms with van der Waals surface area (Å²) in [5, 5.41) is 0. The molecule has 0 bridgehead atoms. The Morgan fingerprint density at radius 3 is 2.48 bits per heavy atom. The van der Waals surface area contributed by atoms with E-state index in [-0.39, 0.29) is 18.4 Å². The summed E-state index contributed by atoms with van der Waals surface area (Å²) in [7, 11) is 1.59. The van der Waals surface area contributed by atoms with Gasteiger partial charge in [-0.15, -0.1) is 0 Å². The minimum absolute atomic E-state index is 0.00540. The highest BCUT2D eigenvalue weighted by atomic mass is 16.5. The van der Waals surface area contributed by atoms with Gasteiger partial charge in [0.2, 0.25) is 11.8 Å². The van der Waals surface area contributed by atoms with Crippen molar-refractivity contribution in [3.63, 3.8) is 0 Å². The molecule has 23 heavy (non-hydrogen) atoms. The van der Waals surface area contributed by atoms with Crippen molar-refractivity contribution >= 4 is 11.8 Å². The number of rotatable bonds is 5. The van der Waals surface area contributed by atoms with E-state index >= 15 is 0 Å². The van der Waals surface area contributed by atoms with Crippen molar-refractivity contribution < 1.29 is 19.1 Å². The lowest BCUT2D eigenvalue weighted by molar-refractivity contribution is -0.142. The van der Waals surface area contributed by atoms with Gasteiger partial charge in [0, 0.05) is 6.42 Å². The third-order valence-corrected chi connectivity index (χ3v) is 4.94. The third-order valence-electron chi connectivity index (χ3n) is 4.94. The van der Waals surface area contributed by atoms with E-state index in [1.807, 2.05) is 24.3 Å². The maximum Gasteiger partial charge on any atom is 0.236 e. The number of ether oxygens (including phenoxy) is 2. The van der Waals surface area contributed by atoms with E-state index in [9.17, 15) is 9.59 Å². The summed E-state index contributed by atoms with van der Waals surface area (Å²) < 4.78 is 10.9. The number of carbonyl (C=O) groups is 2. The SMILES string of the molecule is COc1ccccc1OCCN1C(=O)CC2(CCCCC2)C1=O. The summed E-state index contributed by atoms with van der Waals surface area (Å²) in [6.07, 6.45) is 5.33. The van der Waals surface area contributed by atoms with E-state index < -0.39 is 5.41 Å². The average molecular weight is 317 g/mol. The summed E-state index contributed by atoms with van der Waals surface area (Å²) in [4.78, 5) is 26.3. The van der Waals surface area contributed by atoms with Gasteiger partial charge in [-0.2, -0.15) is 0 Å². The Hall–Kier alpha value is -2.04. The van der Waals surface area contributed by atoms with Crippen LogP contribution in [0.3, 0.4) is 0 Å². The fraction of sp³-hybridized carbons (Fsp3) is 0.556. The van der Waals surface area contributed by atoms with Crippen LogP contribution in [0.1, 0.15) is 38.5 Å². The van der Waals surface area contributed by atoms with E-state index in [4.69, 9.17) is 9.47 Å². The van der Waals surface area contributed by atoms with Crippen LogP contribution in [-0.2, 0) is 9.59 Å². The molecule has 124 valence electrons. The first-order valence-electron chi connectivity index (χ1n) is 8.27. The van der Waals surface area contributed by atoms with Gasteiger partial charge in [0.25, 0.3) is 0 Å². The highest BCUT2D eigenvalue weighted by Gasteiger charge is 2.51. The van der Waals surface area contributed by atoms with Gasteiger partial charge < -0.3 is 9.47 Å². The van der Waals surface area contributed by atoms with Crippen molar-refractivity contribution in [1.29, 1.82) is 0 Å². The van der Waals surface area contributed by atoms with Crippen LogP contribution in [0.4, 0.5) is 0 Å². The van der Waals surface area contributed by atoms with Crippen LogP contribution in [0.5, 0.6) is 11.5 Å². The lowest BCUT2D eigenvalue weighted by atomic mass is 9.73. The second-order valence-corrected chi connectivity index (χ2v) is 6.37. The Morgan fingerprint density at radius 1 is 1.09 bits per heavy atom. The Balaban J connectivity index is 1.60. The predicted molar refractivity (Wildman–Crippen MR) is 85.3 cm³/mol. The Labute approximate surface area is 136 Å². The molecule has 1 aliphatic carbocycles. The molecular weight excluding hydrogens is 294 g/mol. The molecular formula is C18H23NO4. The standard InChI is InChI=1S/C18H23NO4/c1-22-14-7-3-4-8-15(14)23-12-11-19-16(20)13-18(17(19)21)9-5-2-6-10-18/h3-4,7-8H,2,5-6,9-13H2,1H3. The van der Waals surface area contributed by atoms with Gasteiger partial charge in [-0.3, -0.25) is 14.5 Å². The lowest BCUT2D eigenvalue weighted by Crippen LogP contribution is -2.39. The lowest BCUT2D eigenvalue weighted by Gasteiger charge is -2.30. The van der Waals surface area contributed by atoms with Gasteiger partial charge in [0.05, 0.1) is 19.1 Å². The highest BCUT2D eigenvalue weighted by Crippen LogP contribution is 2.45. The number of methoxy groups -OCH3 is 1. The van der Waals surface area contributed by atoms with E-state index in [2.05, 4.69) is 0 Å². The molecule has 0 aromatic heterocycles. The Kier molecular flexibility index (Phi) is 4.55. The van der Waals surface area contributed by atoms with Crippen molar-refractivity contribution in [3.8, 4) is 11.5 Å². The maximum absolute atomic E-state index is 12.7. The first-order valence-corrected chi connectivity index (χ1v) is 8.27. The van der Waals surface area contributed by atoms with Crippen molar-refractivity contribution in [3.05, 3.63) is 24.3 Å². The topological polar surface area (TPSA) is 55.8 Å². The van der Waals surface area contributed by atoms with E-state index in [0.29, 0.717) is 24.5 Å². The molecule has 0 unspecified atom stereocenters. The number of imide groups is 1. The van der Waals surface area contributed by atoms with Crippen LogP contribution in [0.2, 0.25) is 0 Å². The van der Waals surface area contributed by atoms with Gasteiger partial charge in [0.1, 0.15) is 6.61 Å². The molecule has 2 amide bonds. The molecule has 1 heterocycles. The zero-order chi connectivity index (χ0) is 16.3. The maximum atomic E-state index is 12.7. The van der Waals surface area contributed by atoms with Crippen molar-refractivity contribution in [1.82, 2.24) is 4.90 Å². The summed E-state index contributed by atoms with van der Waals surface area (Å²) >= 11 is 0. The number of likely N-dealkylation sites (tertiary alicyclic amines) is 1. The van der Waals surface area contributed by atoms with Crippen LogP contribution >= 0.6 is 0 Å². The average Bonchev–Trinajstić information content (AvgIpc) is 2.80. The number of hydrogen-bond acceptors (Lipinski definition) is 4.